The minimum Gasteiger partial charge on any atom is -0.258 e. The van der Waals surface area contributed by atoms with Gasteiger partial charge in [-0.25, -0.2) is 4.39 Å². The molecule has 20 heavy (non-hydrogen) atoms. The molecule has 0 saturated heterocycles. The van der Waals surface area contributed by atoms with Gasteiger partial charge in [-0.05, 0) is 24.5 Å². The molecule has 0 N–H and O–H groups in total. The molecule has 0 aliphatic rings. The van der Waals surface area contributed by atoms with Crippen LogP contribution in [-0.2, 0) is 6.42 Å². The quantitative estimate of drug-likeness (QED) is 0.471. The van der Waals surface area contributed by atoms with E-state index < -0.39 is 10.3 Å². The lowest BCUT2D eigenvalue weighted by Gasteiger charge is -2.12. The first-order chi connectivity index (χ1) is 9.49. The van der Waals surface area contributed by atoms with Crippen LogP contribution in [0.4, 0.5) is 10.1 Å². The number of halogens is 2. The van der Waals surface area contributed by atoms with E-state index in [0.717, 1.165) is 5.56 Å². The smallest absolute Gasteiger partial charge is 0.258 e. The van der Waals surface area contributed by atoms with Crippen molar-refractivity contribution in [1.29, 1.82) is 0 Å². The summed E-state index contributed by atoms with van der Waals surface area (Å²) < 4.78 is 14.0. The van der Waals surface area contributed by atoms with Crippen molar-refractivity contribution >= 4 is 17.3 Å². The third kappa shape index (κ3) is 3.14. The van der Waals surface area contributed by atoms with Crippen LogP contribution in [0.1, 0.15) is 22.1 Å². The molecule has 2 rings (SSSR count). The van der Waals surface area contributed by atoms with Crippen LogP contribution < -0.4 is 0 Å². The SMILES string of the molecule is Cc1cccc(C(Cl)Cc2ccc([N+](=O)[O-])cc2)c1F. The first-order valence-corrected chi connectivity index (χ1v) is 6.55. The van der Waals surface area contributed by atoms with E-state index in [1.54, 1.807) is 37.3 Å². The molecule has 1 unspecified atom stereocenters. The van der Waals surface area contributed by atoms with Crippen LogP contribution in [0.5, 0.6) is 0 Å². The van der Waals surface area contributed by atoms with Gasteiger partial charge >= 0.3 is 0 Å². The summed E-state index contributed by atoms with van der Waals surface area (Å²) >= 11 is 6.25. The lowest BCUT2D eigenvalue weighted by Crippen LogP contribution is -2.00. The summed E-state index contributed by atoms with van der Waals surface area (Å²) in [6.07, 6.45) is 0.417. The summed E-state index contributed by atoms with van der Waals surface area (Å²) in [5.74, 6) is -0.297. The molecule has 0 amide bonds. The molecule has 5 heteroatoms. The number of nitro groups is 1. The molecule has 1 atom stereocenters. The number of hydrogen-bond acceptors (Lipinski definition) is 2. The molecule has 0 fully saturated rings. The normalized spacial score (nSPS) is 12.2. The van der Waals surface area contributed by atoms with Crippen molar-refractivity contribution in [2.24, 2.45) is 0 Å². The highest BCUT2D eigenvalue weighted by molar-refractivity contribution is 6.21. The van der Waals surface area contributed by atoms with Crippen molar-refractivity contribution in [1.82, 2.24) is 0 Å². The fourth-order valence-corrected chi connectivity index (χ4v) is 2.33. The number of hydrogen-bond donors (Lipinski definition) is 0. The Morgan fingerprint density at radius 1 is 1.25 bits per heavy atom. The molecule has 0 spiro atoms. The Bertz CT molecular complexity index is 628. The molecule has 104 valence electrons. The summed E-state index contributed by atoms with van der Waals surface area (Å²) in [6, 6.07) is 11.2. The van der Waals surface area contributed by atoms with Crippen molar-refractivity contribution < 1.29 is 9.31 Å². The zero-order valence-electron chi connectivity index (χ0n) is 10.8. The van der Waals surface area contributed by atoms with Crippen molar-refractivity contribution in [3.8, 4) is 0 Å². The maximum absolute atomic E-state index is 14.0. The molecule has 0 saturated carbocycles. The number of rotatable bonds is 4. The van der Waals surface area contributed by atoms with Gasteiger partial charge in [0.25, 0.3) is 5.69 Å². The average Bonchev–Trinajstić information content (AvgIpc) is 2.42. The van der Waals surface area contributed by atoms with E-state index in [2.05, 4.69) is 0 Å². The zero-order chi connectivity index (χ0) is 14.7. The third-order valence-electron chi connectivity index (χ3n) is 3.12. The standard InChI is InChI=1S/C15H13ClFNO2/c1-10-3-2-4-13(15(10)17)14(16)9-11-5-7-12(8-6-11)18(19)20/h2-8,14H,9H2,1H3. The topological polar surface area (TPSA) is 43.1 Å². The highest BCUT2D eigenvalue weighted by atomic mass is 35.5. The Labute approximate surface area is 121 Å². The van der Waals surface area contributed by atoms with Gasteiger partial charge in [0.05, 0.1) is 10.3 Å². The number of benzene rings is 2. The summed E-state index contributed by atoms with van der Waals surface area (Å²) in [5.41, 5.74) is 1.86. The Morgan fingerprint density at radius 3 is 2.50 bits per heavy atom. The van der Waals surface area contributed by atoms with Crippen LogP contribution in [0.3, 0.4) is 0 Å². The van der Waals surface area contributed by atoms with Crippen LogP contribution in [0.25, 0.3) is 0 Å². The number of aryl methyl sites for hydroxylation is 1. The molecule has 0 aromatic heterocycles. The molecule has 0 heterocycles. The maximum Gasteiger partial charge on any atom is 0.269 e. The van der Waals surface area contributed by atoms with Gasteiger partial charge in [0.15, 0.2) is 0 Å². The van der Waals surface area contributed by atoms with Crippen LogP contribution in [0.2, 0.25) is 0 Å². The van der Waals surface area contributed by atoms with Crippen LogP contribution in [-0.4, -0.2) is 4.92 Å². The van der Waals surface area contributed by atoms with Crippen molar-refractivity contribution in [3.05, 3.63) is 75.1 Å². The molecule has 0 aliphatic carbocycles. The van der Waals surface area contributed by atoms with E-state index in [1.807, 2.05) is 0 Å². The highest BCUT2D eigenvalue weighted by Crippen LogP contribution is 2.29. The minimum absolute atomic E-state index is 0.0293. The second kappa shape index (κ2) is 6.01. The average molecular weight is 294 g/mol. The van der Waals surface area contributed by atoms with E-state index in [-0.39, 0.29) is 11.5 Å². The summed E-state index contributed by atoms with van der Waals surface area (Å²) in [6.45, 7) is 1.69. The van der Waals surface area contributed by atoms with Gasteiger partial charge in [-0.15, -0.1) is 11.6 Å². The van der Waals surface area contributed by atoms with Crippen LogP contribution in [0.15, 0.2) is 42.5 Å². The minimum atomic E-state index is -0.503. The maximum atomic E-state index is 14.0. The summed E-state index contributed by atoms with van der Waals surface area (Å²) in [7, 11) is 0. The Morgan fingerprint density at radius 2 is 1.90 bits per heavy atom. The lowest BCUT2D eigenvalue weighted by molar-refractivity contribution is -0.384. The number of alkyl halides is 1. The van der Waals surface area contributed by atoms with E-state index >= 15 is 0 Å². The Hall–Kier alpha value is -1.94. The van der Waals surface area contributed by atoms with E-state index in [1.165, 1.54) is 12.1 Å². The van der Waals surface area contributed by atoms with Gasteiger partial charge in [0.1, 0.15) is 5.82 Å². The van der Waals surface area contributed by atoms with Gasteiger partial charge < -0.3 is 0 Å². The van der Waals surface area contributed by atoms with Crippen molar-refractivity contribution in [3.63, 3.8) is 0 Å². The number of non-ortho nitro benzene ring substituents is 1. The van der Waals surface area contributed by atoms with Gasteiger partial charge in [0.2, 0.25) is 0 Å². The predicted molar refractivity (Wildman–Crippen MR) is 76.5 cm³/mol. The summed E-state index contributed by atoms with van der Waals surface area (Å²) in [5, 5.41) is 10.1. The van der Waals surface area contributed by atoms with E-state index in [0.29, 0.717) is 17.5 Å². The Balaban J connectivity index is 2.17. The van der Waals surface area contributed by atoms with Crippen molar-refractivity contribution in [2.75, 3.05) is 0 Å². The first kappa shape index (κ1) is 14.5. The molecular weight excluding hydrogens is 281 g/mol. The van der Waals surface area contributed by atoms with Crippen LogP contribution >= 0.6 is 11.6 Å². The molecular formula is C15H13ClFNO2. The molecule has 2 aromatic rings. The van der Waals surface area contributed by atoms with Gasteiger partial charge in [0, 0.05) is 17.7 Å². The molecule has 2 aromatic carbocycles. The van der Waals surface area contributed by atoms with Gasteiger partial charge in [-0.1, -0.05) is 30.3 Å². The number of nitro benzene ring substituents is 1. The molecule has 0 aliphatic heterocycles. The first-order valence-electron chi connectivity index (χ1n) is 6.11. The Kier molecular flexibility index (Phi) is 4.35. The molecule has 0 radical (unpaired) electrons. The molecule has 3 nitrogen and oxygen atoms in total. The predicted octanol–water partition coefficient (Wildman–Crippen LogP) is 4.56. The van der Waals surface area contributed by atoms with E-state index in [4.69, 9.17) is 11.6 Å². The molecule has 0 bridgehead atoms. The fraction of sp³-hybridized carbons (Fsp3) is 0.200. The lowest BCUT2D eigenvalue weighted by atomic mass is 10.0. The fourth-order valence-electron chi connectivity index (χ4n) is 1.98. The third-order valence-corrected chi connectivity index (χ3v) is 3.51. The second-order valence-corrected chi connectivity index (χ2v) is 5.10. The number of nitrogens with zero attached hydrogens (tertiary/aromatic N) is 1. The van der Waals surface area contributed by atoms with Crippen molar-refractivity contribution in [2.45, 2.75) is 18.7 Å². The summed E-state index contributed by atoms with van der Waals surface area (Å²) in [4.78, 5) is 10.1. The monoisotopic (exact) mass is 293 g/mol. The van der Waals surface area contributed by atoms with E-state index in [9.17, 15) is 14.5 Å². The highest BCUT2D eigenvalue weighted by Gasteiger charge is 2.15. The zero-order valence-corrected chi connectivity index (χ0v) is 11.6. The van der Waals surface area contributed by atoms with Gasteiger partial charge in [-0.3, -0.25) is 10.1 Å². The second-order valence-electron chi connectivity index (χ2n) is 4.57. The van der Waals surface area contributed by atoms with Gasteiger partial charge in [-0.2, -0.15) is 0 Å². The largest absolute Gasteiger partial charge is 0.269 e. The van der Waals surface area contributed by atoms with Crippen LogP contribution in [0, 0.1) is 22.9 Å².